The SMILES string of the molecule is CCNc1cc(Sc2cccc(C)c2)nc(C(F)(F)F)n1. The first-order chi connectivity index (χ1) is 9.88. The summed E-state index contributed by atoms with van der Waals surface area (Å²) in [4.78, 5) is 7.93. The molecule has 0 amide bonds. The van der Waals surface area contributed by atoms with Gasteiger partial charge in [-0.3, -0.25) is 0 Å². The van der Waals surface area contributed by atoms with Crippen molar-refractivity contribution >= 4 is 17.6 Å². The zero-order chi connectivity index (χ0) is 15.5. The number of anilines is 1. The molecule has 7 heteroatoms. The van der Waals surface area contributed by atoms with Crippen molar-refractivity contribution in [2.24, 2.45) is 0 Å². The van der Waals surface area contributed by atoms with Crippen molar-refractivity contribution in [2.75, 3.05) is 11.9 Å². The molecular weight excluding hydrogens is 299 g/mol. The van der Waals surface area contributed by atoms with Gasteiger partial charge in [-0.1, -0.05) is 29.5 Å². The number of aryl methyl sites for hydroxylation is 1. The van der Waals surface area contributed by atoms with Gasteiger partial charge in [0.05, 0.1) is 0 Å². The van der Waals surface area contributed by atoms with E-state index in [4.69, 9.17) is 0 Å². The number of hydrogen-bond acceptors (Lipinski definition) is 4. The lowest BCUT2D eigenvalue weighted by molar-refractivity contribution is -0.145. The van der Waals surface area contributed by atoms with Crippen LogP contribution in [0.3, 0.4) is 0 Å². The second-order valence-electron chi connectivity index (χ2n) is 4.36. The van der Waals surface area contributed by atoms with Gasteiger partial charge in [0.15, 0.2) is 0 Å². The van der Waals surface area contributed by atoms with Gasteiger partial charge in [-0.15, -0.1) is 0 Å². The number of alkyl halides is 3. The molecule has 0 radical (unpaired) electrons. The topological polar surface area (TPSA) is 37.8 Å². The third-order valence-electron chi connectivity index (χ3n) is 2.53. The first kappa shape index (κ1) is 15.6. The summed E-state index contributed by atoms with van der Waals surface area (Å²) < 4.78 is 38.5. The van der Waals surface area contributed by atoms with E-state index in [0.29, 0.717) is 6.54 Å². The first-order valence-corrected chi connectivity index (χ1v) is 7.15. The number of rotatable bonds is 4. The summed E-state index contributed by atoms with van der Waals surface area (Å²) in [5, 5.41) is 3.06. The first-order valence-electron chi connectivity index (χ1n) is 6.33. The largest absolute Gasteiger partial charge is 0.451 e. The fourth-order valence-electron chi connectivity index (χ4n) is 1.68. The van der Waals surface area contributed by atoms with Crippen molar-refractivity contribution in [3.63, 3.8) is 0 Å². The van der Waals surface area contributed by atoms with Crippen LogP contribution in [0.4, 0.5) is 19.0 Å². The molecule has 1 heterocycles. The number of nitrogens with zero attached hydrogens (tertiary/aromatic N) is 2. The maximum atomic E-state index is 12.8. The van der Waals surface area contributed by atoms with Crippen molar-refractivity contribution in [3.8, 4) is 0 Å². The molecule has 0 spiro atoms. The highest BCUT2D eigenvalue weighted by Gasteiger charge is 2.35. The molecule has 0 saturated carbocycles. The number of hydrogen-bond donors (Lipinski definition) is 1. The van der Waals surface area contributed by atoms with Gasteiger partial charge >= 0.3 is 6.18 Å². The fraction of sp³-hybridized carbons (Fsp3) is 0.286. The van der Waals surface area contributed by atoms with Crippen molar-refractivity contribution in [3.05, 3.63) is 41.7 Å². The van der Waals surface area contributed by atoms with Crippen LogP contribution >= 0.6 is 11.8 Å². The van der Waals surface area contributed by atoms with Gasteiger partial charge in [0.2, 0.25) is 5.82 Å². The minimum atomic E-state index is -4.56. The lowest BCUT2D eigenvalue weighted by Gasteiger charge is -2.10. The Labute approximate surface area is 125 Å². The van der Waals surface area contributed by atoms with E-state index in [1.807, 2.05) is 31.2 Å². The van der Waals surface area contributed by atoms with Crippen LogP contribution < -0.4 is 5.32 Å². The molecule has 0 atom stereocenters. The molecular formula is C14H14F3N3S. The molecule has 0 fully saturated rings. The second-order valence-corrected chi connectivity index (χ2v) is 5.46. The van der Waals surface area contributed by atoms with E-state index in [0.717, 1.165) is 10.5 Å². The number of benzene rings is 1. The Morgan fingerprint density at radius 1 is 1.19 bits per heavy atom. The third-order valence-corrected chi connectivity index (χ3v) is 3.43. The maximum Gasteiger partial charge on any atom is 0.451 e. The fourth-order valence-corrected chi connectivity index (χ4v) is 2.61. The summed E-state index contributed by atoms with van der Waals surface area (Å²) in [5.41, 5.74) is 1.04. The highest BCUT2D eigenvalue weighted by molar-refractivity contribution is 7.99. The molecule has 0 bridgehead atoms. The van der Waals surface area contributed by atoms with Crippen molar-refractivity contribution in [2.45, 2.75) is 29.9 Å². The monoisotopic (exact) mass is 313 g/mol. The minimum absolute atomic E-state index is 0.176. The van der Waals surface area contributed by atoms with E-state index in [1.54, 1.807) is 6.92 Å². The molecule has 3 nitrogen and oxygen atoms in total. The Kier molecular flexibility index (Phi) is 4.72. The van der Waals surface area contributed by atoms with E-state index in [2.05, 4.69) is 15.3 Å². The molecule has 112 valence electrons. The van der Waals surface area contributed by atoms with E-state index in [9.17, 15) is 13.2 Å². The third kappa shape index (κ3) is 4.35. The molecule has 0 aliphatic carbocycles. The van der Waals surface area contributed by atoms with Gasteiger partial charge in [0, 0.05) is 17.5 Å². The lowest BCUT2D eigenvalue weighted by atomic mass is 10.2. The molecule has 2 rings (SSSR count). The van der Waals surface area contributed by atoms with Crippen LogP contribution in [0.15, 0.2) is 40.3 Å². The minimum Gasteiger partial charge on any atom is -0.370 e. The Hall–Kier alpha value is -1.76. The van der Waals surface area contributed by atoms with Gasteiger partial charge in [0.1, 0.15) is 10.8 Å². The van der Waals surface area contributed by atoms with E-state index < -0.39 is 12.0 Å². The summed E-state index contributed by atoms with van der Waals surface area (Å²) in [6, 6.07) is 9.03. The standard InChI is InChI=1S/C14H14F3N3S/c1-3-18-11-8-12(20-13(19-11)14(15,16)17)21-10-6-4-5-9(2)7-10/h4-8H,3H2,1-2H3,(H,18,19,20). The van der Waals surface area contributed by atoms with Crippen LogP contribution in [-0.4, -0.2) is 16.5 Å². The Morgan fingerprint density at radius 2 is 1.95 bits per heavy atom. The molecule has 1 aromatic heterocycles. The summed E-state index contributed by atoms with van der Waals surface area (Å²) in [6.07, 6.45) is -4.56. The maximum absolute atomic E-state index is 12.8. The Balaban J connectivity index is 2.35. The van der Waals surface area contributed by atoms with Gasteiger partial charge in [-0.2, -0.15) is 13.2 Å². The molecule has 21 heavy (non-hydrogen) atoms. The second kappa shape index (κ2) is 6.34. The zero-order valence-electron chi connectivity index (χ0n) is 11.5. The highest BCUT2D eigenvalue weighted by atomic mass is 32.2. The normalized spacial score (nSPS) is 11.5. The molecule has 1 N–H and O–H groups in total. The van der Waals surface area contributed by atoms with Gasteiger partial charge < -0.3 is 5.32 Å². The average molecular weight is 313 g/mol. The lowest BCUT2D eigenvalue weighted by Crippen LogP contribution is -2.13. The quantitative estimate of drug-likeness (QED) is 0.850. The number of nitrogens with one attached hydrogen (secondary N) is 1. The van der Waals surface area contributed by atoms with E-state index in [-0.39, 0.29) is 10.8 Å². The smallest absolute Gasteiger partial charge is 0.370 e. The summed E-state index contributed by atoms with van der Waals surface area (Å²) in [6.45, 7) is 4.21. The van der Waals surface area contributed by atoms with Crippen LogP contribution in [0, 0.1) is 6.92 Å². The molecule has 0 unspecified atom stereocenters. The van der Waals surface area contributed by atoms with Crippen molar-refractivity contribution in [1.82, 2.24) is 9.97 Å². The molecule has 1 aromatic carbocycles. The van der Waals surface area contributed by atoms with E-state index >= 15 is 0 Å². The molecule has 0 saturated heterocycles. The zero-order valence-corrected chi connectivity index (χ0v) is 12.3. The summed E-state index contributed by atoms with van der Waals surface area (Å²) in [5.74, 6) is -0.953. The summed E-state index contributed by atoms with van der Waals surface area (Å²) >= 11 is 1.18. The predicted molar refractivity (Wildman–Crippen MR) is 76.5 cm³/mol. The van der Waals surface area contributed by atoms with Gasteiger partial charge in [0.25, 0.3) is 0 Å². The summed E-state index contributed by atoms with van der Waals surface area (Å²) in [7, 11) is 0. The van der Waals surface area contributed by atoms with Gasteiger partial charge in [-0.05, 0) is 26.0 Å². The molecule has 2 aromatic rings. The molecule has 0 aliphatic rings. The van der Waals surface area contributed by atoms with Crippen molar-refractivity contribution in [1.29, 1.82) is 0 Å². The van der Waals surface area contributed by atoms with Crippen LogP contribution in [0.5, 0.6) is 0 Å². The Bertz CT molecular complexity index is 629. The average Bonchev–Trinajstić information content (AvgIpc) is 2.37. The number of halogens is 3. The van der Waals surface area contributed by atoms with E-state index in [1.165, 1.54) is 17.8 Å². The van der Waals surface area contributed by atoms with Crippen LogP contribution in [0.2, 0.25) is 0 Å². The highest BCUT2D eigenvalue weighted by Crippen LogP contribution is 2.32. The van der Waals surface area contributed by atoms with Crippen LogP contribution in [0.25, 0.3) is 0 Å². The van der Waals surface area contributed by atoms with Gasteiger partial charge in [-0.25, -0.2) is 9.97 Å². The van der Waals surface area contributed by atoms with Crippen LogP contribution in [-0.2, 0) is 6.18 Å². The number of aromatic nitrogens is 2. The van der Waals surface area contributed by atoms with Crippen molar-refractivity contribution < 1.29 is 13.2 Å². The molecule has 0 aliphatic heterocycles. The Morgan fingerprint density at radius 3 is 2.57 bits per heavy atom. The predicted octanol–water partition coefficient (Wildman–Crippen LogP) is 4.39. The van der Waals surface area contributed by atoms with Crippen LogP contribution in [0.1, 0.15) is 18.3 Å².